The summed E-state index contributed by atoms with van der Waals surface area (Å²) in [4.78, 5) is 19.6. The van der Waals surface area contributed by atoms with Crippen molar-refractivity contribution in [3.05, 3.63) is 62.1 Å². The van der Waals surface area contributed by atoms with Crippen LogP contribution < -0.4 is 10.9 Å². The minimum Gasteiger partial charge on any atom is -0.423 e. The number of anilines is 1. The molecule has 1 aromatic carbocycles. The largest absolute Gasteiger partial charge is 0.423 e. The van der Waals surface area contributed by atoms with Crippen molar-refractivity contribution >= 4 is 52.6 Å². The van der Waals surface area contributed by atoms with Crippen LogP contribution in [0, 0.1) is 0 Å². The molecular weight excluding hydrogens is 457 g/mol. The van der Waals surface area contributed by atoms with Crippen molar-refractivity contribution < 1.29 is 9.52 Å². The van der Waals surface area contributed by atoms with Gasteiger partial charge >= 0.3 is 0 Å². The van der Waals surface area contributed by atoms with Gasteiger partial charge in [0.15, 0.2) is 5.52 Å². The standard InChI is InChI=1S/C17H15Cl2N7O3.ClH/c18-10-2-1-9(5-11(10)19)6-20-17-22-12-7-21-26(15(12)16(28)23-17)4-3-13-24-25-14(8-27)29-13;/h1-2,5,7,27H,3-4,6,8H2,(H2,20,22,23,28);1H. The van der Waals surface area contributed by atoms with Gasteiger partial charge in [0.05, 0.1) is 22.8 Å². The van der Waals surface area contributed by atoms with E-state index < -0.39 is 0 Å². The van der Waals surface area contributed by atoms with Gasteiger partial charge in [-0.05, 0) is 17.7 Å². The number of hydrogen-bond donors (Lipinski definition) is 3. The van der Waals surface area contributed by atoms with Crippen molar-refractivity contribution in [3.8, 4) is 0 Å². The van der Waals surface area contributed by atoms with Gasteiger partial charge in [0.1, 0.15) is 12.1 Å². The molecule has 0 saturated carbocycles. The summed E-state index contributed by atoms with van der Waals surface area (Å²) in [6, 6.07) is 5.28. The van der Waals surface area contributed by atoms with E-state index in [0.717, 1.165) is 5.56 Å². The number of H-pyrrole nitrogens is 1. The lowest BCUT2D eigenvalue weighted by Gasteiger charge is -2.07. The highest BCUT2D eigenvalue weighted by Gasteiger charge is 2.12. The van der Waals surface area contributed by atoms with Gasteiger partial charge in [0, 0.05) is 13.0 Å². The van der Waals surface area contributed by atoms with Crippen LogP contribution in [0.15, 0.2) is 33.6 Å². The Balaban J connectivity index is 0.00000256. The normalized spacial score (nSPS) is 10.9. The van der Waals surface area contributed by atoms with Crippen LogP contribution in [0.25, 0.3) is 11.0 Å². The van der Waals surface area contributed by atoms with Crippen LogP contribution in [-0.2, 0) is 26.1 Å². The molecule has 0 unspecified atom stereocenters. The van der Waals surface area contributed by atoms with Gasteiger partial charge in [-0.25, -0.2) is 4.98 Å². The van der Waals surface area contributed by atoms with E-state index in [1.165, 1.54) is 10.9 Å². The predicted molar refractivity (Wildman–Crippen MR) is 113 cm³/mol. The van der Waals surface area contributed by atoms with Crippen LogP contribution in [-0.4, -0.2) is 35.1 Å². The van der Waals surface area contributed by atoms with Crippen molar-refractivity contribution in [2.24, 2.45) is 0 Å². The lowest BCUT2D eigenvalue weighted by Crippen LogP contribution is -2.16. The fourth-order valence-electron chi connectivity index (χ4n) is 2.75. The first-order valence-electron chi connectivity index (χ1n) is 8.59. The van der Waals surface area contributed by atoms with Crippen LogP contribution in [0.4, 0.5) is 5.95 Å². The highest BCUT2D eigenvalue weighted by Crippen LogP contribution is 2.22. The van der Waals surface area contributed by atoms with Gasteiger partial charge in [-0.2, -0.15) is 5.10 Å². The summed E-state index contributed by atoms with van der Waals surface area (Å²) in [6.45, 7) is 0.431. The molecule has 0 bridgehead atoms. The average Bonchev–Trinajstić information content (AvgIpc) is 3.34. The number of benzene rings is 1. The van der Waals surface area contributed by atoms with Crippen LogP contribution in [0.5, 0.6) is 0 Å². The molecule has 4 rings (SSSR count). The molecule has 30 heavy (non-hydrogen) atoms. The molecule has 0 aliphatic carbocycles. The molecule has 0 atom stereocenters. The molecule has 3 aromatic heterocycles. The molecule has 0 aliphatic heterocycles. The first-order chi connectivity index (χ1) is 14.0. The third-order valence-electron chi connectivity index (χ3n) is 4.12. The number of aromatic nitrogens is 6. The maximum absolute atomic E-state index is 12.5. The van der Waals surface area contributed by atoms with E-state index in [4.69, 9.17) is 32.7 Å². The summed E-state index contributed by atoms with van der Waals surface area (Å²) in [5, 5.41) is 24.7. The van der Waals surface area contributed by atoms with E-state index in [9.17, 15) is 4.79 Å². The van der Waals surface area contributed by atoms with Gasteiger partial charge in [-0.15, -0.1) is 22.6 Å². The lowest BCUT2D eigenvalue weighted by atomic mass is 10.2. The maximum atomic E-state index is 12.5. The van der Waals surface area contributed by atoms with E-state index in [2.05, 4.69) is 30.6 Å². The Morgan fingerprint density at radius 2 is 2.00 bits per heavy atom. The van der Waals surface area contributed by atoms with Gasteiger partial charge in [-0.1, -0.05) is 29.3 Å². The molecule has 3 heterocycles. The van der Waals surface area contributed by atoms with Crippen molar-refractivity contribution in [1.82, 2.24) is 29.9 Å². The summed E-state index contributed by atoms with van der Waals surface area (Å²) in [5.74, 6) is 0.808. The fraction of sp³-hybridized carbons (Fsp3) is 0.235. The summed E-state index contributed by atoms with van der Waals surface area (Å²) in [7, 11) is 0. The number of aliphatic hydroxyl groups is 1. The number of aliphatic hydroxyl groups excluding tert-OH is 1. The second kappa shape index (κ2) is 9.43. The molecular formula is C17H16Cl3N7O3. The zero-order valence-corrected chi connectivity index (χ0v) is 17.6. The lowest BCUT2D eigenvalue weighted by molar-refractivity contribution is 0.236. The smallest absolute Gasteiger partial charge is 0.278 e. The highest BCUT2D eigenvalue weighted by molar-refractivity contribution is 6.42. The van der Waals surface area contributed by atoms with E-state index in [0.29, 0.717) is 52.4 Å². The number of halogens is 3. The SMILES string of the molecule is Cl.O=c1[nH]c(NCc2ccc(Cl)c(Cl)c2)nc2cnn(CCc3nnc(CO)o3)c12. The number of fused-ring (bicyclic) bond motifs is 1. The second-order valence-corrected chi connectivity index (χ2v) is 6.93. The molecule has 4 aromatic rings. The molecule has 0 amide bonds. The Bertz CT molecular complexity index is 1220. The average molecular weight is 473 g/mol. The number of aryl methyl sites for hydroxylation is 2. The van der Waals surface area contributed by atoms with Gasteiger partial charge < -0.3 is 14.8 Å². The molecule has 13 heteroatoms. The van der Waals surface area contributed by atoms with Crippen molar-refractivity contribution in [2.75, 3.05) is 5.32 Å². The van der Waals surface area contributed by atoms with E-state index in [1.807, 2.05) is 6.07 Å². The van der Waals surface area contributed by atoms with Crippen molar-refractivity contribution in [3.63, 3.8) is 0 Å². The zero-order chi connectivity index (χ0) is 20.4. The first-order valence-corrected chi connectivity index (χ1v) is 9.35. The highest BCUT2D eigenvalue weighted by atomic mass is 35.5. The maximum Gasteiger partial charge on any atom is 0.278 e. The van der Waals surface area contributed by atoms with Crippen molar-refractivity contribution in [1.29, 1.82) is 0 Å². The molecule has 0 radical (unpaired) electrons. The quantitative estimate of drug-likeness (QED) is 0.373. The Hall–Kier alpha value is -2.66. The summed E-state index contributed by atoms with van der Waals surface area (Å²) < 4.78 is 6.76. The molecule has 0 saturated heterocycles. The van der Waals surface area contributed by atoms with Gasteiger partial charge in [-0.3, -0.25) is 14.5 Å². The zero-order valence-electron chi connectivity index (χ0n) is 15.3. The van der Waals surface area contributed by atoms with Crippen LogP contribution in [0.2, 0.25) is 10.0 Å². The summed E-state index contributed by atoms with van der Waals surface area (Å²) in [5.41, 5.74) is 1.35. The molecule has 0 spiro atoms. The van der Waals surface area contributed by atoms with Gasteiger partial charge in [0.25, 0.3) is 5.56 Å². The number of hydrogen-bond acceptors (Lipinski definition) is 8. The van der Waals surface area contributed by atoms with Crippen molar-refractivity contribution in [2.45, 2.75) is 26.1 Å². The Morgan fingerprint density at radius 3 is 2.73 bits per heavy atom. The number of aromatic amines is 1. The Kier molecular flexibility index (Phi) is 6.93. The number of rotatable bonds is 7. The number of nitrogens with zero attached hydrogens (tertiary/aromatic N) is 5. The molecule has 0 aliphatic rings. The minimum atomic E-state index is -0.328. The molecule has 3 N–H and O–H groups in total. The predicted octanol–water partition coefficient (Wildman–Crippen LogP) is 2.58. The first kappa shape index (κ1) is 22.0. The van der Waals surface area contributed by atoms with E-state index in [-0.39, 0.29) is 30.5 Å². The monoisotopic (exact) mass is 471 g/mol. The Labute approximate surface area is 185 Å². The van der Waals surface area contributed by atoms with Crippen LogP contribution >= 0.6 is 35.6 Å². The third kappa shape index (κ3) is 4.73. The van der Waals surface area contributed by atoms with E-state index in [1.54, 1.807) is 12.1 Å². The molecule has 0 fully saturated rings. The van der Waals surface area contributed by atoms with E-state index >= 15 is 0 Å². The fourth-order valence-corrected chi connectivity index (χ4v) is 3.07. The van der Waals surface area contributed by atoms with Gasteiger partial charge in [0.2, 0.25) is 17.7 Å². The minimum absolute atomic E-state index is 0. The summed E-state index contributed by atoms with van der Waals surface area (Å²) in [6.07, 6.45) is 1.88. The topological polar surface area (TPSA) is 135 Å². The van der Waals surface area contributed by atoms with Crippen LogP contribution in [0.1, 0.15) is 17.3 Å². The third-order valence-corrected chi connectivity index (χ3v) is 4.86. The molecule has 10 nitrogen and oxygen atoms in total. The summed E-state index contributed by atoms with van der Waals surface area (Å²) >= 11 is 11.9. The Morgan fingerprint density at radius 1 is 1.20 bits per heavy atom. The van der Waals surface area contributed by atoms with Crippen LogP contribution in [0.3, 0.4) is 0 Å². The number of nitrogens with one attached hydrogen (secondary N) is 2. The molecule has 158 valence electrons. The second-order valence-electron chi connectivity index (χ2n) is 6.12.